The molecule has 238 valence electrons. The third-order valence-electron chi connectivity index (χ3n) is 8.08. The molecule has 1 aliphatic carbocycles. The van der Waals surface area contributed by atoms with E-state index in [2.05, 4.69) is 52.7 Å². The molecule has 1 amide bonds. The lowest BCUT2D eigenvalue weighted by Gasteiger charge is -2.39. The molecular formula is C34H50N2O7. The Morgan fingerprint density at radius 2 is 1.72 bits per heavy atom. The van der Waals surface area contributed by atoms with Crippen molar-refractivity contribution in [3.05, 3.63) is 59.2 Å². The van der Waals surface area contributed by atoms with E-state index in [1.165, 1.54) is 12.5 Å². The minimum absolute atomic E-state index is 0.00344. The van der Waals surface area contributed by atoms with E-state index in [1.807, 2.05) is 6.92 Å². The summed E-state index contributed by atoms with van der Waals surface area (Å²) in [4.78, 5) is 13.9. The summed E-state index contributed by atoms with van der Waals surface area (Å²) in [5.41, 5.74) is 4.58. The molecule has 9 nitrogen and oxygen atoms in total. The van der Waals surface area contributed by atoms with E-state index in [0.29, 0.717) is 39.6 Å². The number of ether oxygens (including phenoxy) is 6. The molecule has 1 saturated carbocycles. The van der Waals surface area contributed by atoms with Gasteiger partial charge in [-0.2, -0.15) is 0 Å². The number of benzene rings is 2. The third-order valence-corrected chi connectivity index (χ3v) is 8.08. The molecule has 1 N–H and O–H groups in total. The van der Waals surface area contributed by atoms with Gasteiger partial charge in [-0.15, -0.1) is 0 Å². The first kappa shape index (κ1) is 33.2. The van der Waals surface area contributed by atoms with Gasteiger partial charge in [-0.3, -0.25) is 4.79 Å². The highest BCUT2D eigenvalue weighted by Crippen LogP contribution is 2.39. The summed E-state index contributed by atoms with van der Waals surface area (Å²) in [7, 11) is 3.42. The predicted molar refractivity (Wildman–Crippen MR) is 167 cm³/mol. The van der Waals surface area contributed by atoms with Gasteiger partial charge < -0.3 is 38.6 Å². The fourth-order valence-corrected chi connectivity index (χ4v) is 5.99. The van der Waals surface area contributed by atoms with Crippen molar-refractivity contribution in [3.63, 3.8) is 0 Å². The topological polar surface area (TPSA) is 87.7 Å². The maximum absolute atomic E-state index is 11.6. The average molecular weight is 599 g/mol. The first-order valence-corrected chi connectivity index (χ1v) is 15.6. The van der Waals surface area contributed by atoms with Crippen LogP contribution in [0.4, 0.5) is 5.69 Å². The maximum Gasteiger partial charge on any atom is 0.217 e. The van der Waals surface area contributed by atoms with Crippen LogP contribution in [0.15, 0.2) is 42.5 Å². The lowest BCUT2D eigenvalue weighted by molar-refractivity contribution is -0.120. The summed E-state index contributed by atoms with van der Waals surface area (Å²) in [5.74, 6) is 0.956. The van der Waals surface area contributed by atoms with Crippen LogP contribution in [0, 0.1) is 0 Å². The molecule has 2 aliphatic rings. The van der Waals surface area contributed by atoms with E-state index in [9.17, 15) is 4.79 Å². The normalized spacial score (nSPS) is 20.7. The van der Waals surface area contributed by atoms with Gasteiger partial charge in [0.2, 0.25) is 5.91 Å². The molecule has 0 spiro atoms. The van der Waals surface area contributed by atoms with Crippen LogP contribution in [0.3, 0.4) is 0 Å². The number of amides is 1. The highest BCUT2D eigenvalue weighted by molar-refractivity contribution is 5.73. The second-order valence-corrected chi connectivity index (χ2v) is 11.6. The Balaban J connectivity index is 1.47. The summed E-state index contributed by atoms with van der Waals surface area (Å²) in [6.45, 7) is 9.43. The van der Waals surface area contributed by atoms with E-state index in [1.54, 1.807) is 14.2 Å². The number of carbonyl (C=O) groups is 1. The van der Waals surface area contributed by atoms with Crippen LogP contribution in [0.2, 0.25) is 0 Å². The molecule has 0 bridgehead atoms. The van der Waals surface area contributed by atoms with Gasteiger partial charge >= 0.3 is 0 Å². The number of carbonyl (C=O) groups excluding carboxylic acids is 1. The molecule has 1 aliphatic heterocycles. The number of nitrogens with zero attached hydrogens (tertiary/aromatic N) is 1. The number of methoxy groups -OCH3 is 2. The van der Waals surface area contributed by atoms with E-state index >= 15 is 0 Å². The van der Waals surface area contributed by atoms with Crippen molar-refractivity contribution in [2.45, 2.75) is 76.9 Å². The van der Waals surface area contributed by atoms with Crippen molar-refractivity contribution < 1.29 is 33.2 Å². The zero-order valence-corrected chi connectivity index (χ0v) is 26.3. The number of hydrogen-bond donors (Lipinski definition) is 1. The number of nitrogens with one attached hydrogen (secondary N) is 1. The number of fused-ring (bicyclic) bond motifs is 1. The molecule has 4 atom stereocenters. The van der Waals surface area contributed by atoms with E-state index in [0.717, 1.165) is 67.9 Å². The second-order valence-electron chi connectivity index (χ2n) is 11.6. The van der Waals surface area contributed by atoms with E-state index < -0.39 is 0 Å². The van der Waals surface area contributed by atoms with Gasteiger partial charge in [0.05, 0.1) is 57.5 Å². The van der Waals surface area contributed by atoms with Crippen molar-refractivity contribution in [1.29, 1.82) is 0 Å². The fourth-order valence-electron chi connectivity index (χ4n) is 5.99. The molecule has 0 radical (unpaired) electrons. The largest absolute Gasteiger partial charge is 0.490 e. The van der Waals surface area contributed by atoms with Crippen LogP contribution >= 0.6 is 0 Å². The Morgan fingerprint density at radius 3 is 2.47 bits per heavy atom. The highest BCUT2D eigenvalue weighted by atomic mass is 16.5. The van der Waals surface area contributed by atoms with Crippen molar-refractivity contribution in [2.75, 3.05) is 65.2 Å². The molecule has 9 heteroatoms. The van der Waals surface area contributed by atoms with Crippen molar-refractivity contribution in [1.82, 2.24) is 5.32 Å². The molecule has 0 saturated heterocycles. The monoisotopic (exact) mass is 598 g/mol. The summed E-state index contributed by atoms with van der Waals surface area (Å²) in [6, 6.07) is 15.0. The zero-order valence-electron chi connectivity index (χ0n) is 26.3. The number of hydrogen-bond acceptors (Lipinski definition) is 8. The summed E-state index contributed by atoms with van der Waals surface area (Å²) >= 11 is 0. The minimum atomic E-state index is -0.0596. The molecule has 43 heavy (non-hydrogen) atoms. The molecule has 0 unspecified atom stereocenters. The number of rotatable bonds is 17. The molecule has 2 aromatic carbocycles. The first-order valence-electron chi connectivity index (χ1n) is 15.6. The third kappa shape index (κ3) is 10.2. The van der Waals surface area contributed by atoms with Crippen LogP contribution in [-0.4, -0.2) is 84.5 Å². The SMILES string of the molecule is COCCCN1CCOc2ccc(CO[C@H]3CCC[C@@H](OC[C@@H](C)NC(C)=O)[C@@H]3c3ccc(COCCOC)cc3)cc21. The first-order chi connectivity index (χ1) is 21.0. The lowest BCUT2D eigenvalue weighted by atomic mass is 9.79. The van der Waals surface area contributed by atoms with Crippen LogP contribution < -0.4 is 15.0 Å². The Kier molecular flexibility index (Phi) is 13.6. The predicted octanol–water partition coefficient (Wildman–Crippen LogP) is 4.85. The fraction of sp³-hybridized carbons (Fsp3) is 0.618. The Bertz CT molecular complexity index is 1110. The standard InChI is InChI=1S/C34H50N2O7/c1-25(35-26(2)37)22-42-32-7-5-8-33(34(32)29-12-9-27(10-13-29)23-40-20-19-39-4)43-24-28-11-14-31-30(21-28)36(16-18-41-31)15-6-17-38-3/h9-14,21,25,32-34H,5-8,15-20,22-24H2,1-4H3,(H,35,37)/t25-,32-,33+,34+/m1/s1. The van der Waals surface area contributed by atoms with Crippen LogP contribution in [-0.2, 0) is 41.7 Å². The van der Waals surface area contributed by atoms with Gasteiger partial charge in [0.1, 0.15) is 12.4 Å². The molecule has 4 rings (SSSR count). The minimum Gasteiger partial charge on any atom is -0.490 e. The summed E-state index contributed by atoms with van der Waals surface area (Å²) in [6.07, 6.45) is 3.91. The van der Waals surface area contributed by atoms with Crippen molar-refractivity contribution in [3.8, 4) is 5.75 Å². The van der Waals surface area contributed by atoms with Crippen LogP contribution in [0.1, 0.15) is 62.1 Å². The smallest absolute Gasteiger partial charge is 0.217 e. The molecule has 1 fully saturated rings. The van der Waals surface area contributed by atoms with Gasteiger partial charge in [0.25, 0.3) is 0 Å². The Labute approximate surface area is 257 Å². The highest BCUT2D eigenvalue weighted by Gasteiger charge is 2.36. The van der Waals surface area contributed by atoms with Gasteiger partial charge in [-0.1, -0.05) is 30.3 Å². The summed E-state index contributed by atoms with van der Waals surface area (Å²) in [5, 5.41) is 2.94. The summed E-state index contributed by atoms with van der Waals surface area (Å²) < 4.78 is 35.2. The van der Waals surface area contributed by atoms with Gasteiger partial charge in [0.15, 0.2) is 0 Å². The molecule has 1 heterocycles. The van der Waals surface area contributed by atoms with Gasteiger partial charge in [-0.05, 0) is 61.4 Å². The van der Waals surface area contributed by atoms with E-state index in [4.69, 9.17) is 28.4 Å². The van der Waals surface area contributed by atoms with E-state index in [-0.39, 0.29) is 30.1 Å². The average Bonchev–Trinajstić information content (AvgIpc) is 3.01. The second kappa shape index (κ2) is 17.6. The molecular weight excluding hydrogens is 548 g/mol. The molecule has 0 aromatic heterocycles. The Hall–Kier alpha value is -2.69. The lowest BCUT2D eigenvalue weighted by Crippen LogP contribution is -2.41. The quantitative estimate of drug-likeness (QED) is 0.259. The van der Waals surface area contributed by atoms with Gasteiger partial charge in [0, 0.05) is 46.3 Å². The van der Waals surface area contributed by atoms with Crippen LogP contribution in [0.25, 0.3) is 0 Å². The van der Waals surface area contributed by atoms with Crippen molar-refractivity contribution in [2.24, 2.45) is 0 Å². The Morgan fingerprint density at radius 1 is 0.977 bits per heavy atom. The number of anilines is 1. The maximum atomic E-state index is 11.6. The van der Waals surface area contributed by atoms with Crippen LogP contribution in [0.5, 0.6) is 5.75 Å². The zero-order chi connectivity index (χ0) is 30.4. The van der Waals surface area contributed by atoms with Crippen molar-refractivity contribution >= 4 is 11.6 Å². The molecule has 2 aromatic rings. The van der Waals surface area contributed by atoms with Gasteiger partial charge in [-0.25, -0.2) is 0 Å².